The predicted molar refractivity (Wildman–Crippen MR) is 84.0 cm³/mol. The van der Waals surface area contributed by atoms with Crippen LogP contribution in [-0.2, 0) is 12.6 Å². The van der Waals surface area contributed by atoms with Crippen LogP contribution < -0.4 is 5.32 Å². The van der Waals surface area contributed by atoms with Gasteiger partial charge >= 0.3 is 6.18 Å². The monoisotopic (exact) mass is 369 g/mol. The molecule has 1 N–H and O–H groups in total. The molecule has 138 valence electrons. The number of nitrogens with zero attached hydrogens (tertiary/aromatic N) is 4. The summed E-state index contributed by atoms with van der Waals surface area (Å²) in [6.07, 6.45) is -3.49. The Kier molecular flexibility index (Phi) is 4.77. The zero-order valence-electron chi connectivity index (χ0n) is 13.9. The summed E-state index contributed by atoms with van der Waals surface area (Å²) < 4.78 is 60.3. The number of hydrogen-bond donors (Lipinski definition) is 1. The van der Waals surface area contributed by atoms with Crippen LogP contribution in [0.5, 0.6) is 0 Å². The normalized spacial score (nSPS) is 13.2. The van der Waals surface area contributed by atoms with E-state index in [1.54, 1.807) is 7.05 Å². The van der Waals surface area contributed by atoms with E-state index in [4.69, 9.17) is 4.52 Å². The molecule has 0 aliphatic heterocycles. The first-order chi connectivity index (χ1) is 12.3. The molecule has 0 radical (unpaired) electrons. The Balaban J connectivity index is 2.08. The zero-order chi connectivity index (χ0) is 18.9. The van der Waals surface area contributed by atoms with Crippen molar-refractivity contribution < 1.29 is 22.1 Å². The van der Waals surface area contributed by atoms with Gasteiger partial charge in [-0.2, -0.15) is 23.3 Å². The lowest BCUT2D eigenvalue weighted by molar-refractivity contribution is -0.142. The maximum atomic E-state index is 14.0. The fourth-order valence-corrected chi connectivity index (χ4v) is 2.41. The molecule has 0 spiro atoms. The van der Waals surface area contributed by atoms with Crippen LogP contribution in [0.25, 0.3) is 17.1 Å². The minimum absolute atomic E-state index is 0.0173. The van der Waals surface area contributed by atoms with Crippen molar-refractivity contribution in [1.82, 2.24) is 25.2 Å². The number of nitrogens with one attached hydrogen (secondary N) is 1. The van der Waals surface area contributed by atoms with Crippen molar-refractivity contribution in [3.63, 3.8) is 0 Å². The lowest BCUT2D eigenvalue weighted by Crippen LogP contribution is -2.24. The smallest absolute Gasteiger partial charge is 0.334 e. The van der Waals surface area contributed by atoms with Crippen LogP contribution in [0.2, 0.25) is 0 Å². The van der Waals surface area contributed by atoms with Gasteiger partial charge in [-0.1, -0.05) is 17.3 Å². The molecule has 1 aromatic carbocycles. The van der Waals surface area contributed by atoms with Crippen LogP contribution in [0, 0.1) is 5.82 Å². The van der Waals surface area contributed by atoms with Crippen molar-refractivity contribution in [3.05, 3.63) is 47.8 Å². The molecule has 3 rings (SSSR count). The van der Waals surface area contributed by atoms with Crippen LogP contribution in [-0.4, -0.2) is 33.0 Å². The standard InChI is InChI=1S/C16H15F4N5O/c1-9(21-2)7-13-23-15(26-24-13)10-8-22-25(14(10)16(18,19)20)12-6-4-3-5-11(12)17/h3-6,8-9,21H,7H2,1-2H3. The molecule has 0 aliphatic carbocycles. The molecule has 6 nitrogen and oxygen atoms in total. The number of benzene rings is 1. The summed E-state index contributed by atoms with van der Waals surface area (Å²) >= 11 is 0. The minimum Gasteiger partial charge on any atom is -0.334 e. The first-order valence-electron chi connectivity index (χ1n) is 7.71. The van der Waals surface area contributed by atoms with E-state index >= 15 is 0 Å². The molecule has 0 saturated carbocycles. The summed E-state index contributed by atoms with van der Waals surface area (Å²) in [7, 11) is 1.74. The number of halogens is 4. The first kappa shape index (κ1) is 18.1. The molecule has 0 fully saturated rings. The second-order valence-electron chi connectivity index (χ2n) is 5.68. The third kappa shape index (κ3) is 3.45. The van der Waals surface area contributed by atoms with E-state index in [0.717, 1.165) is 12.3 Å². The maximum Gasteiger partial charge on any atom is 0.434 e. The van der Waals surface area contributed by atoms with E-state index in [9.17, 15) is 17.6 Å². The molecule has 1 atom stereocenters. The van der Waals surface area contributed by atoms with Crippen molar-refractivity contribution in [3.8, 4) is 17.1 Å². The Morgan fingerprint density at radius 2 is 2.00 bits per heavy atom. The van der Waals surface area contributed by atoms with Gasteiger partial charge < -0.3 is 9.84 Å². The summed E-state index contributed by atoms with van der Waals surface area (Å²) in [6.45, 7) is 1.87. The summed E-state index contributed by atoms with van der Waals surface area (Å²) in [5.74, 6) is -0.895. The summed E-state index contributed by atoms with van der Waals surface area (Å²) in [6, 6.07) is 5.08. The molecule has 3 aromatic rings. The van der Waals surface area contributed by atoms with E-state index < -0.39 is 23.3 Å². The third-order valence-electron chi connectivity index (χ3n) is 3.80. The van der Waals surface area contributed by atoms with Crippen molar-refractivity contribution in [1.29, 1.82) is 0 Å². The number of hydrogen-bond acceptors (Lipinski definition) is 5. The van der Waals surface area contributed by atoms with Gasteiger partial charge in [0, 0.05) is 12.5 Å². The molecule has 2 heterocycles. The first-order valence-corrected chi connectivity index (χ1v) is 7.71. The van der Waals surface area contributed by atoms with Crippen molar-refractivity contribution in [2.45, 2.75) is 25.6 Å². The average molecular weight is 369 g/mol. The Morgan fingerprint density at radius 3 is 2.65 bits per heavy atom. The lowest BCUT2D eigenvalue weighted by Gasteiger charge is -2.12. The number of para-hydroxylation sites is 1. The third-order valence-corrected chi connectivity index (χ3v) is 3.80. The van der Waals surface area contributed by atoms with E-state index in [1.165, 1.54) is 18.2 Å². The molecule has 10 heteroatoms. The van der Waals surface area contributed by atoms with Gasteiger partial charge in [0.2, 0.25) is 0 Å². The van der Waals surface area contributed by atoms with Crippen molar-refractivity contribution >= 4 is 0 Å². The predicted octanol–water partition coefficient (Wildman–Crippen LogP) is 3.23. The highest BCUT2D eigenvalue weighted by Gasteiger charge is 2.41. The Bertz CT molecular complexity index is 902. The molecule has 2 aromatic heterocycles. The van der Waals surface area contributed by atoms with Crippen LogP contribution in [0.1, 0.15) is 18.4 Å². The molecule has 1 unspecified atom stereocenters. The van der Waals surface area contributed by atoms with Gasteiger partial charge in [-0.15, -0.1) is 0 Å². The molecular formula is C16H15F4N5O. The molecule has 0 saturated heterocycles. The summed E-state index contributed by atoms with van der Waals surface area (Å²) in [4.78, 5) is 4.01. The minimum atomic E-state index is -4.80. The fourth-order valence-electron chi connectivity index (χ4n) is 2.41. The topological polar surface area (TPSA) is 68.8 Å². The number of aromatic nitrogens is 4. The van der Waals surface area contributed by atoms with Crippen LogP contribution in [0.15, 0.2) is 35.0 Å². The number of rotatable bonds is 5. The van der Waals surface area contributed by atoms with E-state index in [2.05, 4.69) is 20.6 Å². The summed E-state index contributed by atoms with van der Waals surface area (Å²) in [5.41, 5.74) is -1.91. The van der Waals surface area contributed by atoms with E-state index in [1.807, 2.05) is 6.92 Å². The number of alkyl halides is 3. The largest absolute Gasteiger partial charge is 0.434 e. The fraction of sp³-hybridized carbons (Fsp3) is 0.312. The SMILES string of the molecule is CNC(C)Cc1noc(-c2cnn(-c3ccccc3F)c2C(F)(F)F)n1. The van der Waals surface area contributed by atoms with Crippen LogP contribution in [0.4, 0.5) is 17.6 Å². The molecular weight excluding hydrogens is 354 g/mol. The molecule has 0 bridgehead atoms. The Labute approximate surface area is 145 Å². The Hall–Kier alpha value is -2.75. The van der Waals surface area contributed by atoms with E-state index in [0.29, 0.717) is 11.1 Å². The van der Waals surface area contributed by atoms with Gasteiger partial charge in [-0.05, 0) is 26.1 Å². The Morgan fingerprint density at radius 1 is 1.27 bits per heavy atom. The van der Waals surface area contributed by atoms with Crippen LogP contribution >= 0.6 is 0 Å². The lowest BCUT2D eigenvalue weighted by atomic mass is 10.2. The summed E-state index contributed by atoms with van der Waals surface area (Å²) in [5, 5.41) is 10.4. The second kappa shape index (κ2) is 6.87. The quantitative estimate of drug-likeness (QED) is 0.700. The molecule has 0 aliphatic rings. The zero-order valence-corrected chi connectivity index (χ0v) is 13.9. The van der Waals surface area contributed by atoms with Crippen molar-refractivity contribution in [2.24, 2.45) is 0 Å². The van der Waals surface area contributed by atoms with Crippen LogP contribution in [0.3, 0.4) is 0 Å². The molecule has 0 amide bonds. The average Bonchev–Trinajstić information content (AvgIpc) is 3.21. The maximum absolute atomic E-state index is 14.0. The highest BCUT2D eigenvalue weighted by molar-refractivity contribution is 5.58. The highest BCUT2D eigenvalue weighted by Crippen LogP contribution is 2.38. The van der Waals surface area contributed by atoms with Gasteiger partial charge in [0.15, 0.2) is 11.5 Å². The van der Waals surface area contributed by atoms with Gasteiger partial charge in [0.05, 0.1) is 11.8 Å². The van der Waals surface area contributed by atoms with Gasteiger partial charge in [0.1, 0.15) is 11.5 Å². The van der Waals surface area contributed by atoms with E-state index in [-0.39, 0.29) is 23.4 Å². The second-order valence-corrected chi connectivity index (χ2v) is 5.68. The van der Waals surface area contributed by atoms with Gasteiger partial charge in [-0.3, -0.25) is 0 Å². The molecule has 26 heavy (non-hydrogen) atoms. The highest BCUT2D eigenvalue weighted by atomic mass is 19.4. The number of likely N-dealkylation sites (N-methyl/N-ethyl adjacent to an activating group) is 1. The van der Waals surface area contributed by atoms with Gasteiger partial charge in [-0.25, -0.2) is 9.07 Å². The van der Waals surface area contributed by atoms with Crippen molar-refractivity contribution in [2.75, 3.05) is 7.05 Å². The van der Waals surface area contributed by atoms with Gasteiger partial charge in [0.25, 0.3) is 5.89 Å².